The van der Waals surface area contributed by atoms with E-state index in [4.69, 9.17) is 4.74 Å². The Morgan fingerprint density at radius 1 is 0.880 bits per heavy atom. The van der Waals surface area contributed by atoms with Crippen molar-refractivity contribution in [3.05, 3.63) is 60.7 Å². The van der Waals surface area contributed by atoms with Crippen LogP contribution in [0.4, 0.5) is 11.4 Å². The first-order chi connectivity index (χ1) is 12.1. The van der Waals surface area contributed by atoms with Crippen molar-refractivity contribution in [2.24, 2.45) is 0 Å². The Morgan fingerprint density at radius 3 is 1.68 bits per heavy atom. The summed E-state index contributed by atoms with van der Waals surface area (Å²) in [4.78, 5) is 25.8. The molecule has 2 aromatic carbocycles. The van der Waals surface area contributed by atoms with Gasteiger partial charge in [0.1, 0.15) is 0 Å². The molecule has 5 nitrogen and oxygen atoms in total. The van der Waals surface area contributed by atoms with Gasteiger partial charge >= 0.3 is 0 Å². The molecule has 2 amide bonds. The third-order valence-corrected chi connectivity index (χ3v) is 4.03. The van der Waals surface area contributed by atoms with Gasteiger partial charge in [-0.05, 0) is 37.1 Å². The van der Waals surface area contributed by atoms with Crippen molar-refractivity contribution >= 4 is 23.2 Å². The summed E-state index contributed by atoms with van der Waals surface area (Å²) < 4.78 is 5.48. The molecule has 132 valence electrons. The van der Waals surface area contributed by atoms with Crippen molar-refractivity contribution in [1.29, 1.82) is 0 Å². The Bertz CT molecular complexity index is 633. The van der Waals surface area contributed by atoms with Gasteiger partial charge in [-0.15, -0.1) is 0 Å². The molecule has 0 bridgehead atoms. The Labute approximate surface area is 148 Å². The van der Waals surface area contributed by atoms with Crippen LogP contribution in [-0.4, -0.2) is 24.5 Å². The Kier molecular flexibility index (Phi) is 6.71. The van der Waals surface area contributed by atoms with Crippen LogP contribution in [-0.2, 0) is 14.3 Å². The van der Waals surface area contributed by atoms with Gasteiger partial charge in [-0.1, -0.05) is 49.7 Å². The molecule has 0 aliphatic heterocycles. The van der Waals surface area contributed by atoms with Crippen molar-refractivity contribution in [3.8, 4) is 0 Å². The summed E-state index contributed by atoms with van der Waals surface area (Å²) in [5.41, 5.74) is -0.335. The van der Waals surface area contributed by atoms with Gasteiger partial charge in [0, 0.05) is 18.5 Å². The maximum atomic E-state index is 12.9. The first-order valence-corrected chi connectivity index (χ1v) is 8.40. The maximum absolute atomic E-state index is 12.9. The van der Waals surface area contributed by atoms with E-state index in [1.807, 2.05) is 43.3 Å². The van der Waals surface area contributed by atoms with Gasteiger partial charge in [-0.2, -0.15) is 0 Å². The SMILES string of the molecule is CCCCC(OC)(C(=O)Nc1ccccc1)C(=O)Nc1ccccc1. The van der Waals surface area contributed by atoms with Crippen molar-refractivity contribution in [2.75, 3.05) is 17.7 Å². The lowest BCUT2D eigenvalue weighted by Gasteiger charge is -2.29. The lowest BCUT2D eigenvalue weighted by Crippen LogP contribution is -2.54. The predicted molar refractivity (Wildman–Crippen MR) is 99.4 cm³/mol. The molecule has 5 heteroatoms. The minimum absolute atomic E-state index is 0.303. The van der Waals surface area contributed by atoms with Gasteiger partial charge < -0.3 is 15.4 Å². The van der Waals surface area contributed by atoms with E-state index in [1.54, 1.807) is 24.3 Å². The minimum atomic E-state index is -1.58. The van der Waals surface area contributed by atoms with Gasteiger partial charge in [0.25, 0.3) is 11.8 Å². The fourth-order valence-electron chi connectivity index (χ4n) is 2.55. The number of nitrogens with one attached hydrogen (secondary N) is 2. The highest BCUT2D eigenvalue weighted by molar-refractivity contribution is 6.17. The van der Waals surface area contributed by atoms with Crippen LogP contribution in [0.1, 0.15) is 26.2 Å². The third kappa shape index (κ3) is 4.67. The molecular formula is C20H24N2O3. The second kappa shape index (κ2) is 8.99. The Morgan fingerprint density at radius 2 is 1.32 bits per heavy atom. The van der Waals surface area contributed by atoms with Gasteiger partial charge in [-0.25, -0.2) is 0 Å². The standard InChI is InChI=1S/C20H24N2O3/c1-3-4-15-20(25-2,18(23)21-16-11-7-5-8-12-16)19(24)22-17-13-9-6-10-14-17/h5-14H,3-4,15H2,1-2H3,(H,21,23)(H,22,24). The summed E-state index contributed by atoms with van der Waals surface area (Å²) in [5.74, 6) is -0.939. The van der Waals surface area contributed by atoms with Crippen molar-refractivity contribution in [3.63, 3.8) is 0 Å². The average molecular weight is 340 g/mol. The number of hydrogen-bond acceptors (Lipinski definition) is 3. The molecule has 0 atom stereocenters. The summed E-state index contributed by atoms with van der Waals surface area (Å²) in [5, 5.41) is 5.57. The number of hydrogen-bond donors (Lipinski definition) is 2. The molecule has 0 spiro atoms. The van der Waals surface area contributed by atoms with E-state index >= 15 is 0 Å². The van der Waals surface area contributed by atoms with Crippen LogP contribution in [0.2, 0.25) is 0 Å². The number of benzene rings is 2. The molecule has 2 rings (SSSR count). The molecule has 25 heavy (non-hydrogen) atoms. The van der Waals surface area contributed by atoms with E-state index in [0.717, 1.165) is 6.42 Å². The zero-order valence-corrected chi connectivity index (χ0v) is 14.6. The van der Waals surface area contributed by atoms with Gasteiger partial charge in [-0.3, -0.25) is 9.59 Å². The molecule has 0 saturated heterocycles. The third-order valence-electron chi connectivity index (χ3n) is 4.03. The van der Waals surface area contributed by atoms with Crippen LogP contribution in [0.3, 0.4) is 0 Å². The predicted octanol–water partition coefficient (Wildman–Crippen LogP) is 3.84. The van der Waals surface area contributed by atoms with Crippen molar-refractivity contribution < 1.29 is 14.3 Å². The second-order valence-electron chi connectivity index (χ2n) is 5.77. The number of carbonyl (C=O) groups excluding carboxylic acids is 2. The lowest BCUT2D eigenvalue weighted by molar-refractivity contribution is -0.151. The van der Waals surface area contributed by atoms with Gasteiger partial charge in [0.05, 0.1) is 0 Å². The zero-order valence-electron chi connectivity index (χ0n) is 14.6. The first kappa shape index (κ1) is 18.7. The molecule has 2 N–H and O–H groups in total. The normalized spacial score (nSPS) is 11.0. The van der Waals surface area contributed by atoms with Crippen molar-refractivity contribution in [2.45, 2.75) is 31.8 Å². The van der Waals surface area contributed by atoms with Gasteiger partial charge in [0.15, 0.2) is 0 Å². The molecule has 0 fully saturated rings. The number of methoxy groups -OCH3 is 1. The van der Waals surface area contributed by atoms with E-state index in [9.17, 15) is 9.59 Å². The monoisotopic (exact) mass is 340 g/mol. The van der Waals surface area contributed by atoms with Crippen LogP contribution in [0.15, 0.2) is 60.7 Å². The fraction of sp³-hybridized carbons (Fsp3) is 0.300. The molecule has 0 radical (unpaired) electrons. The maximum Gasteiger partial charge on any atom is 0.266 e. The Balaban J connectivity index is 2.25. The first-order valence-electron chi connectivity index (χ1n) is 8.40. The highest BCUT2D eigenvalue weighted by Crippen LogP contribution is 2.24. The molecular weight excluding hydrogens is 316 g/mol. The summed E-state index contributed by atoms with van der Waals surface area (Å²) >= 11 is 0. The largest absolute Gasteiger partial charge is 0.359 e. The molecule has 0 aliphatic carbocycles. The summed E-state index contributed by atoms with van der Waals surface area (Å²) in [6.45, 7) is 2.00. The molecule has 0 heterocycles. The number of amides is 2. The number of anilines is 2. The topological polar surface area (TPSA) is 67.4 Å². The molecule has 0 unspecified atom stereocenters. The molecule has 0 aromatic heterocycles. The lowest BCUT2D eigenvalue weighted by atomic mass is 9.93. The fourth-order valence-corrected chi connectivity index (χ4v) is 2.55. The van der Waals surface area contributed by atoms with Crippen LogP contribution < -0.4 is 10.6 Å². The minimum Gasteiger partial charge on any atom is -0.359 e. The van der Waals surface area contributed by atoms with Gasteiger partial charge in [0.2, 0.25) is 5.60 Å². The zero-order chi connectivity index (χ0) is 18.1. The highest BCUT2D eigenvalue weighted by atomic mass is 16.5. The molecule has 0 aliphatic rings. The number of rotatable bonds is 8. The van der Waals surface area contributed by atoms with E-state index in [0.29, 0.717) is 24.2 Å². The quantitative estimate of drug-likeness (QED) is 0.718. The van der Waals surface area contributed by atoms with E-state index in [-0.39, 0.29) is 0 Å². The molecule has 2 aromatic rings. The van der Waals surface area contributed by atoms with Crippen LogP contribution >= 0.6 is 0 Å². The number of para-hydroxylation sites is 2. The molecule has 0 saturated carbocycles. The summed E-state index contributed by atoms with van der Waals surface area (Å²) in [6.07, 6.45) is 1.85. The van der Waals surface area contributed by atoms with E-state index in [1.165, 1.54) is 7.11 Å². The van der Waals surface area contributed by atoms with Crippen LogP contribution in [0.25, 0.3) is 0 Å². The van der Waals surface area contributed by atoms with Crippen molar-refractivity contribution in [1.82, 2.24) is 0 Å². The van der Waals surface area contributed by atoms with Crippen LogP contribution in [0.5, 0.6) is 0 Å². The van der Waals surface area contributed by atoms with E-state index in [2.05, 4.69) is 10.6 Å². The van der Waals surface area contributed by atoms with Crippen LogP contribution in [0, 0.1) is 0 Å². The number of carbonyl (C=O) groups is 2. The smallest absolute Gasteiger partial charge is 0.266 e. The van der Waals surface area contributed by atoms with E-state index < -0.39 is 17.4 Å². The Hall–Kier alpha value is -2.66. The highest BCUT2D eigenvalue weighted by Gasteiger charge is 2.46. The number of ether oxygens (including phenoxy) is 1. The summed E-state index contributed by atoms with van der Waals surface area (Å²) in [6, 6.07) is 18.1. The average Bonchev–Trinajstić information content (AvgIpc) is 2.64. The number of unbranched alkanes of at least 4 members (excludes halogenated alkanes) is 1. The second-order valence-corrected chi connectivity index (χ2v) is 5.77. The summed E-state index contributed by atoms with van der Waals surface area (Å²) in [7, 11) is 1.39.